The normalized spacial score (nSPS) is 24.9. The number of benzene rings is 1. The summed E-state index contributed by atoms with van der Waals surface area (Å²) in [6, 6.07) is 9.54. The lowest BCUT2D eigenvalue weighted by atomic mass is 9.75. The van der Waals surface area contributed by atoms with E-state index in [4.69, 9.17) is 4.42 Å². The molecule has 1 aliphatic carbocycles. The van der Waals surface area contributed by atoms with E-state index in [0.717, 1.165) is 25.3 Å². The van der Waals surface area contributed by atoms with Gasteiger partial charge in [-0.2, -0.15) is 13.2 Å². The zero-order valence-electron chi connectivity index (χ0n) is 16.4. The van der Waals surface area contributed by atoms with E-state index >= 15 is 0 Å². The first-order valence-electron chi connectivity index (χ1n) is 9.97. The van der Waals surface area contributed by atoms with Crippen LogP contribution in [-0.4, -0.2) is 40.3 Å². The van der Waals surface area contributed by atoms with Gasteiger partial charge in [0.2, 0.25) is 17.7 Å². The predicted octanol–water partition coefficient (Wildman–Crippen LogP) is 4.45. The second kappa shape index (κ2) is 7.15. The predicted molar refractivity (Wildman–Crippen MR) is 99.7 cm³/mol. The maximum atomic E-state index is 12.9. The van der Waals surface area contributed by atoms with Crippen LogP contribution in [0.1, 0.15) is 39.0 Å². The molecule has 1 aliphatic heterocycles. The zero-order valence-corrected chi connectivity index (χ0v) is 16.4. The van der Waals surface area contributed by atoms with Crippen molar-refractivity contribution in [2.75, 3.05) is 13.1 Å². The molecule has 0 radical (unpaired) electrons. The number of rotatable bonds is 4. The lowest BCUT2D eigenvalue weighted by molar-refractivity contribution is -0.187. The molecule has 29 heavy (non-hydrogen) atoms. The number of piperidine rings is 1. The molecule has 0 bridgehead atoms. The second-order valence-corrected chi connectivity index (χ2v) is 8.35. The van der Waals surface area contributed by atoms with E-state index in [-0.39, 0.29) is 17.3 Å². The summed E-state index contributed by atoms with van der Waals surface area (Å²) in [5.74, 6) is -1.45. The van der Waals surface area contributed by atoms with Crippen LogP contribution in [-0.2, 0) is 10.2 Å². The number of hydrogen-bond donors (Lipinski definition) is 0. The minimum Gasteiger partial charge on any atom is -0.420 e. The smallest absolute Gasteiger partial charge is 0.400 e. The molecule has 2 aromatic rings. The number of alkyl halides is 3. The Morgan fingerprint density at radius 3 is 2.52 bits per heavy atom. The highest BCUT2D eigenvalue weighted by Crippen LogP contribution is 2.57. The molecule has 2 heterocycles. The Morgan fingerprint density at radius 2 is 1.93 bits per heavy atom. The largest absolute Gasteiger partial charge is 0.420 e. The third-order valence-electron chi connectivity index (χ3n) is 6.45. The molecule has 3 atom stereocenters. The van der Waals surface area contributed by atoms with Gasteiger partial charge in [0.05, 0.1) is 5.41 Å². The van der Waals surface area contributed by atoms with Crippen molar-refractivity contribution in [2.24, 2.45) is 17.8 Å². The quantitative estimate of drug-likeness (QED) is 0.751. The molecule has 1 aromatic carbocycles. The van der Waals surface area contributed by atoms with Gasteiger partial charge in [-0.25, -0.2) is 0 Å². The van der Waals surface area contributed by atoms with Crippen molar-refractivity contribution in [3.05, 3.63) is 36.2 Å². The molecule has 5 nitrogen and oxygen atoms in total. The summed E-state index contributed by atoms with van der Waals surface area (Å²) in [4.78, 5) is 13.6. The van der Waals surface area contributed by atoms with Crippen molar-refractivity contribution in [2.45, 2.75) is 44.7 Å². The topological polar surface area (TPSA) is 59.2 Å². The van der Waals surface area contributed by atoms with Crippen LogP contribution in [0.25, 0.3) is 11.5 Å². The van der Waals surface area contributed by atoms with Gasteiger partial charge in [-0.3, -0.25) is 4.79 Å². The Labute approximate surface area is 167 Å². The molecule has 0 N–H and O–H groups in total. The number of amides is 1. The number of carbonyl (C=O) groups is 1. The fourth-order valence-electron chi connectivity index (χ4n) is 4.58. The molecule has 8 heteroatoms. The first-order chi connectivity index (χ1) is 13.7. The average molecular weight is 407 g/mol. The number of hydrogen-bond acceptors (Lipinski definition) is 4. The molecule has 1 amide bonds. The van der Waals surface area contributed by atoms with Crippen LogP contribution in [0, 0.1) is 17.8 Å². The Balaban J connectivity index is 1.48. The molecule has 4 rings (SSSR count). The van der Waals surface area contributed by atoms with Crippen molar-refractivity contribution in [3.8, 4) is 11.5 Å². The highest BCUT2D eigenvalue weighted by Gasteiger charge is 2.57. The summed E-state index contributed by atoms with van der Waals surface area (Å²) >= 11 is 0. The van der Waals surface area contributed by atoms with Crippen molar-refractivity contribution >= 4 is 5.91 Å². The van der Waals surface area contributed by atoms with E-state index in [9.17, 15) is 18.0 Å². The molecule has 0 spiro atoms. The van der Waals surface area contributed by atoms with E-state index in [2.05, 4.69) is 10.2 Å². The van der Waals surface area contributed by atoms with Gasteiger partial charge < -0.3 is 9.32 Å². The summed E-state index contributed by atoms with van der Waals surface area (Å²) in [5, 5.41) is 8.50. The molecule has 1 saturated carbocycles. The summed E-state index contributed by atoms with van der Waals surface area (Å²) in [6.07, 6.45) is -2.02. The number of aromatic nitrogens is 2. The fraction of sp³-hybridized carbons (Fsp3) is 0.571. The number of carbonyl (C=O) groups excluding carboxylic acids is 1. The van der Waals surface area contributed by atoms with Crippen molar-refractivity contribution < 1.29 is 22.4 Å². The Hall–Kier alpha value is -2.38. The van der Waals surface area contributed by atoms with E-state index in [1.807, 2.05) is 37.3 Å². The number of nitrogens with zero attached hydrogens (tertiary/aromatic N) is 3. The average Bonchev–Trinajstić information content (AvgIpc) is 3.34. The molecular weight excluding hydrogens is 383 g/mol. The van der Waals surface area contributed by atoms with Crippen LogP contribution < -0.4 is 0 Å². The van der Waals surface area contributed by atoms with Crippen LogP contribution in [0.3, 0.4) is 0 Å². The highest BCUT2D eigenvalue weighted by atomic mass is 19.4. The van der Waals surface area contributed by atoms with Gasteiger partial charge in [-0.05, 0) is 50.2 Å². The fourth-order valence-corrected chi connectivity index (χ4v) is 4.58. The van der Waals surface area contributed by atoms with Gasteiger partial charge in [0, 0.05) is 18.7 Å². The zero-order chi connectivity index (χ0) is 20.8. The van der Waals surface area contributed by atoms with E-state index in [1.165, 1.54) is 4.90 Å². The summed E-state index contributed by atoms with van der Waals surface area (Å²) < 4.78 is 44.8. The Kier molecular flexibility index (Phi) is 4.91. The third-order valence-corrected chi connectivity index (χ3v) is 6.45. The second-order valence-electron chi connectivity index (χ2n) is 8.35. The maximum Gasteiger partial charge on any atom is 0.400 e. The molecule has 156 valence electrons. The molecule has 2 unspecified atom stereocenters. The Morgan fingerprint density at radius 1 is 1.24 bits per heavy atom. The molecule has 1 aromatic heterocycles. The van der Waals surface area contributed by atoms with Crippen LogP contribution in [0.15, 0.2) is 34.7 Å². The summed E-state index contributed by atoms with van der Waals surface area (Å²) in [5.41, 5.74) is 0.640. The van der Waals surface area contributed by atoms with Crippen LogP contribution in [0.5, 0.6) is 0 Å². The van der Waals surface area contributed by atoms with E-state index in [0.29, 0.717) is 31.3 Å². The lowest BCUT2D eigenvalue weighted by Crippen LogP contribution is -2.49. The van der Waals surface area contributed by atoms with Gasteiger partial charge in [-0.1, -0.05) is 25.1 Å². The van der Waals surface area contributed by atoms with Crippen molar-refractivity contribution in [1.82, 2.24) is 15.1 Å². The van der Waals surface area contributed by atoms with Crippen LogP contribution >= 0.6 is 0 Å². The van der Waals surface area contributed by atoms with Gasteiger partial charge >= 0.3 is 6.18 Å². The first-order valence-corrected chi connectivity index (χ1v) is 9.97. The van der Waals surface area contributed by atoms with E-state index < -0.39 is 18.0 Å². The highest BCUT2D eigenvalue weighted by molar-refractivity contribution is 5.79. The summed E-state index contributed by atoms with van der Waals surface area (Å²) in [7, 11) is 0. The monoisotopic (exact) mass is 407 g/mol. The minimum absolute atomic E-state index is 0.0581. The standard InChI is InChI=1S/C21H24F3N3O2/c1-13-12-27(18(28)14(2)21(22,23)24)11-8-16(13)20(9-10-20)19-26-25-17(29-19)15-6-4-3-5-7-15/h3-7,13-14,16H,8-12H2,1-2H3/t13?,14-,16?/m0/s1. The minimum atomic E-state index is -4.51. The van der Waals surface area contributed by atoms with Gasteiger partial charge in [0.15, 0.2) is 0 Å². The van der Waals surface area contributed by atoms with Gasteiger partial charge in [0.1, 0.15) is 5.92 Å². The van der Waals surface area contributed by atoms with Gasteiger partial charge in [0.25, 0.3) is 0 Å². The Bertz CT molecular complexity index is 877. The SMILES string of the molecule is CC1CN(C(=O)[C@H](C)C(F)(F)F)CCC1C1(c2nnc(-c3ccccc3)o2)CC1. The first kappa shape index (κ1) is 19.9. The number of likely N-dealkylation sites (tertiary alicyclic amines) is 1. The maximum absolute atomic E-state index is 12.9. The van der Waals surface area contributed by atoms with Crippen molar-refractivity contribution in [1.29, 1.82) is 0 Å². The summed E-state index contributed by atoms with van der Waals surface area (Å²) in [6.45, 7) is 3.59. The van der Waals surface area contributed by atoms with Crippen LogP contribution in [0.4, 0.5) is 13.2 Å². The molecule has 2 aliphatic rings. The third kappa shape index (κ3) is 3.65. The molecule has 2 fully saturated rings. The molecule has 1 saturated heterocycles. The van der Waals surface area contributed by atoms with Crippen LogP contribution in [0.2, 0.25) is 0 Å². The molecular formula is C21H24F3N3O2. The lowest BCUT2D eigenvalue weighted by Gasteiger charge is -2.41. The van der Waals surface area contributed by atoms with Gasteiger partial charge in [-0.15, -0.1) is 10.2 Å². The number of halogens is 3. The van der Waals surface area contributed by atoms with E-state index in [1.54, 1.807) is 0 Å². The van der Waals surface area contributed by atoms with Crippen molar-refractivity contribution in [3.63, 3.8) is 0 Å².